The Balaban J connectivity index is 1.89. The van der Waals surface area contributed by atoms with Crippen LogP contribution in [0.5, 0.6) is 5.75 Å². The molecule has 0 aliphatic rings. The molecule has 0 fully saturated rings. The SMILES string of the molecule is CNC(=O)NC(=O)[C@H](OC(=O)CCCOc1ccc(Cl)c(C)c1)c1ccccc1. The van der Waals surface area contributed by atoms with Gasteiger partial charge in [-0.1, -0.05) is 41.9 Å². The predicted octanol–water partition coefficient (Wildman–Crippen LogP) is 3.55. The summed E-state index contributed by atoms with van der Waals surface area (Å²) in [6.07, 6.45) is -0.761. The number of hydrogen-bond donors (Lipinski definition) is 2. The van der Waals surface area contributed by atoms with E-state index in [0.717, 1.165) is 5.56 Å². The van der Waals surface area contributed by atoms with E-state index in [-0.39, 0.29) is 6.42 Å². The van der Waals surface area contributed by atoms with E-state index in [1.807, 2.05) is 13.0 Å². The summed E-state index contributed by atoms with van der Waals surface area (Å²) in [4.78, 5) is 36.0. The first-order valence-electron chi connectivity index (χ1n) is 9.06. The fourth-order valence-electron chi connectivity index (χ4n) is 2.44. The Hall–Kier alpha value is -3.06. The molecule has 2 N–H and O–H groups in total. The highest BCUT2D eigenvalue weighted by molar-refractivity contribution is 6.31. The maximum absolute atomic E-state index is 12.3. The molecular weight excluding hydrogens is 396 g/mol. The zero-order valence-electron chi connectivity index (χ0n) is 16.2. The zero-order chi connectivity index (χ0) is 21.2. The van der Waals surface area contributed by atoms with Gasteiger partial charge in [0.05, 0.1) is 6.61 Å². The van der Waals surface area contributed by atoms with Gasteiger partial charge >= 0.3 is 12.0 Å². The number of rotatable bonds is 8. The average Bonchev–Trinajstić information content (AvgIpc) is 2.72. The molecule has 7 nitrogen and oxygen atoms in total. The second kappa shape index (κ2) is 11.1. The summed E-state index contributed by atoms with van der Waals surface area (Å²) < 4.78 is 10.9. The van der Waals surface area contributed by atoms with E-state index in [2.05, 4.69) is 10.6 Å². The van der Waals surface area contributed by atoms with Crippen LogP contribution in [-0.2, 0) is 14.3 Å². The summed E-state index contributed by atoms with van der Waals surface area (Å²) in [7, 11) is 1.38. The molecule has 0 saturated carbocycles. The van der Waals surface area contributed by atoms with Crippen molar-refractivity contribution >= 4 is 29.5 Å². The third-order valence-corrected chi connectivity index (χ3v) is 4.40. The second-order valence-corrected chi connectivity index (χ2v) is 6.62. The number of ether oxygens (including phenoxy) is 2. The van der Waals surface area contributed by atoms with Crippen LogP contribution in [0.3, 0.4) is 0 Å². The van der Waals surface area contributed by atoms with Gasteiger partial charge in [0.1, 0.15) is 5.75 Å². The first-order valence-corrected chi connectivity index (χ1v) is 9.44. The lowest BCUT2D eigenvalue weighted by Crippen LogP contribution is -2.41. The molecule has 0 aliphatic carbocycles. The zero-order valence-corrected chi connectivity index (χ0v) is 17.0. The molecule has 0 heterocycles. The number of hydrogen-bond acceptors (Lipinski definition) is 5. The number of carbonyl (C=O) groups is 3. The number of carbonyl (C=O) groups excluding carboxylic acids is 3. The molecular formula is C21H23ClN2O5. The lowest BCUT2D eigenvalue weighted by molar-refractivity contribution is -0.156. The van der Waals surface area contributed by atoms with Crippen LogP contribution in [0, 0.1) is 6.92 Å². The molecule has 0 saturated heterocycles. The number of aryl methyl sites for hydroxylation is 1. The fraction of sp³-hybridized carbons (Fsp3) is 0.286. The maximum atomic E-state index is 12.3. The van der Waals surface area contributed by atoms with Gasteiger partial charge in [0, 0.05) is 24.1 Å². The molecule has 29 heavy (non-hydrogen) atoms. The topological polar surface area (TPSA) is 93.7 Å². The minimum atomic E-state index is -1.22. The van der Waals surface area contributed by atoms with Crippen molar-refractivity contribution in [2.24, 2.45) is 0 Å². The fourth-order valence-corrected chi connectivity index (χ4v) is 2.56. The normalized spacial score (nSPS) is 11.3. The summed E-state index contributed by atoms with van der Waals surface area (Å²) >= 11 is 5.97. The van der Waals surface area contributed by atoms with Gasteiger partial charge in [0.15, 0.2) is 0 Å². The molecule has 0 radical (unpaired) electrons. The molecule has 1 atom stereocenters. The van der Waals surface area contributed by atoms with E-state index in [0.29, 0.717) is 29.4 Å². The van der Waals surface area contributed by atoms with Gasteiger partial charge in [-0.05, 0) is 37.1 Å². The third kappa shape index (κ3) is 7.12. The lowest BCUT2D eigenvalue weighted by atomic mass is 10.1. The minimum Gasteiger partial charge on any atom is -0.494 e. The van der Waals surface area contributed by atoms with Crippen LogP contribution in [0.15, 0.2) is 48.5 Å². The van der Waals surface area contributed by atoms with Crippen LogP contribution in [0.25, 0.3) is 0 Å². The van der Waals surface area contributed by atoms with Crippen molar-refractivity contribution < 1.29 is 23.9 Å². The first-order chi connectivity index (χ1) is 13.9. The summed E-state index contributed by atoms with van der Waals surface area (Å²) in [5.74, 6) is -0.633. The van der Waals surface area contributed by atoms with E-state index < -0.39 is 24.0 Å². The standard InChI is InChI=1S/C21H23ClN2O5/c1-14-13-16(10-11-17(14)22)28-12-6-9-18(25)29-19(15-7-4-3-5-8-15)20(26)24-21(27)23-2/h3-5,7-8,10-11,13,19H,6,9,12H2,1-2H3,(H2,23,24,26,27)/t19-/m1/s1. The molecule has 154 valence electrons. The molecule has 2 aromatic carbocycles. The molecule has 0 unspecified atom stereocenters. The van der Waals surface area contributed by atoms with Gasteiger partial charge in [-0.2, -0.15) is 0 Å². The average molecular weight is 419 g/mol. The van der Waals surface area contributed by atoms with Gasteiger partial charge in [-0.25, -0.2) is 4.79 Å². The molecule has 2 aromatic rings. The largest absolute Gasteiger partial charge is 0.494 e. The molecule has 0 aromatic heterocycles. The molecule has 0 aliphatic heterocycles. The van der Waals surface area contributed by atoms with E-state index in [1.54, 1.807) is 42.5 Å². The summed E-state index contributed by atoms with van der Waals surface area (Å²) in [5, 5.41) is 5.07. The molecule has 0 bridgehead atoms. The Kier molecular flexibility index (Phi) is 8.48. The third-order valence-electron chi connectivity index (χ3n) is 3.98. The number of benzene rings is 2. The lowest BCUT2D eigenvalue weighted by Gasteiger charge is -2.17. The quantitative estimate of drug-likeness (QED) is 0.505. The van der Waals surface area contributed by atoms with Crippen molar-refractivity contribution in [2.45, 2.75) is 25.9 Å². The number of esters is 1. The van der Waals surface area contributed by atoms with Crippen molar-refractivity contribution in [3.8, 4) is 5.75 Å². The van der Waals surface area contributed by atoms with Crippen LogP contribution in [0.4, 0.5) is 4.79 Å². The van der Waals surface area contributed by atoms with Crippen molar-refractivity contribution in [1.82, 2.24) is 10.6 Å². The van der Waals surface area contributed by atoms with Gasteiger partial charge in [0.25, 0.3) is 5.91 Å². The second-order valence-electron chi connectivity index (χ2n) is 6.21. The number of urea groups is 1. The highest BCUT2D eigenvalue weighted by atomic mass is 35.5. The van der Waals surface area contributed by atoms with Crippen LogP contribution < -0.4 is 15.4 Å². The monoisotopic (exact) mass is 418 g/mol. The predicted molar refractivity (Wildman–Crippen MR) is 109 cm³/mol. The van der Waals surface area contributed by atoms with Gasteiger partial charge < -0.3 is 14.8 Å². The minimum absolute atomic E-state index is 0.0587. The molecule has 2 rings (SSSR count). The molecule has 0 spiro atoms. The van der Waals surface area contributed by atoms with E-state index in [4.69, 9.17) is 21.1 Å². The van der Waals surface area contributed by atoms with Crippen molar-refractivity contribution in [3.05, 3.63) is 64.7 Å². The number of halogens is 1. The van der Waals surface area contributed by atoms with Crippen molar-refractivity contribution in [2.75, 3.05) is 13.7 Å². The highest BCUT2D eigenvalue weighted by Gasteiger charge is 2.26. The van der Waals surface area contributed by atoms with E-state index in [1.165, 1.54) is 7.05 Å². The maximum Gasteiger partial charge on any atom is 0.321 e. The Labute approximate surface area is 174 Å². The van der Waals surface area contributed by atoms with Crippen LogP contribution in [-0.4, -0.2) is 31.6 Å². The van der Waals surface area contributed by atoms with Gasteiger partial charge in [-0.3, -0.25) is 14.9 Å². The highest BCUT2D eigenvalue weighted by Crippen LogP contribution is 2.22. The van der Waals surface area contributed by atoms with Crippen LogP contribution in [0.2, 0.25) is 5.02 Å². The number of imide groups is 1. The van der Waals surface area contributed by atoms with E-state index >= 15 is 0 Å². The Morgan fingerprint density at radius 3 is 2.48 bits per heavy atom. The first kappa shape index (κ1) is 22.2. The molecule has 8 heteroatoms. The van der Waals surface area contributed by atoms with E-state index in [9.17, 15) is 14.4 Å². The smallest absolute Gasteiger partial charge is 0.321 e. The van der Waals surface area contributed by atoms with Crippen LogP contribution in [0.1, 0.15) is 30.1 Å². The van der Waals surface area contributed by atoms with Crippen molar-refractivity contribution in [1.29, 1.82) is 0 Å². The number of nitrogens with one attached hydrogen (secondary N) is 2. The molecule has 3 amide bonds. The van der Waals surface area contributed by atoms with Gasteiger partial charge in [0.2, 0.25) is 6.10 Å². The van der Waals surface area contributed by atoms with Crippen molar-refractivity contribution in [3.63, 3.8) is 0 Å². The summed E-state index contributed by atoms with van der Waals surface area (Å²) in [6.45, 7) is 2.18. The Bertz CT molecular complexity index is 857. The van der Waals surface area contributed by atoms with Crippen LogP contribution >= 0.6 is 11.6 Å². The summed E-state index contributed by atoms with van der Waals surface area (Å²) in [5.41, 5.74) is 1.37. The summed E-state index contributed by atoms with van der Waals surface area (Å²) in [6, 6.07) is 13.1. The number of amides is 3. The van der Waals surface area contributed by atoms with Gasteiger partial charge in [-0.15, -0.1) is 0 Å². The Morgan fingerprint density at radius 1 is 1.10 bits per heavy atom. The Morgan fingerprint density at radius 2 is 1.83 bits per heavy atom.